The van der Waals surface area contributed by atoms with Crippen LogP contribution in [-0.2, 0) is 5.41 Å². The fourth-order valence-corrected chi connectivity index (χ4v) is 4.83. The summed E-state index contributed by atoms with van der Waals surface area (Å²) in [6.45, 7) is 2.17. The van der Waals surface area contributed by atoms with Gasteiger partial charge in [0.1, 0.15) is 0 Å². The summed E-state index contributed by atoms with van der Waals surface area (Å²) in [7, 11) is 0. The van der Waals surface area contributed by atoms with Gasteiger partial charge in [-0.1, -0.05) is 41.9 Å². The van der Waals surface area contributed by atoms with E-state index in [1.165, 1.54) is 5.56 Å². The number of carbonyl (C=O) groups excluding carboxylic acids is 1. The van der Waals surface area contributed by atoms with Gasteiger partial charge in [-0.25, -0.2) is 4.79 Å². The molecule has 27 heavy (non-hydrogen) atoms. The van der Waals surface area contributed by atoms with Crippen LogP contribution in [0.5, 0.6) is 0 Å². The maximum atomic E-state index is 13.0. The molecule has 2 aromatic carbocycles. The number of hydrogen-bond acceptors (Lipinski definition) is 2. The van der Waals surface area contributed by atoms with Gasteiger partial charge in [-0.2, -0.15) is 0 Å². The van der Waals surface area contributed by atoms with Crippen LogP contribution in [0.1, 0.15) is 31.2 Å². The van der Waals surface area contributed by atoms with E-state index in [1.807, 2.05) is 53.4 Å². The first-order valence-electron chi connectivity index (χ1n) is 9.72. The van der Waals surface area contributed by atoms with E-state index in [0.29, 0.717) is 12.6 Å². The van der Waals surface area contributed by atoms with Crippen molar-refractivity contribution in [1.29, 1.82) is 0 Å². The number of anilines is 1. The number of nitrogens with two attached hydrogens (primary N) is 1. The van der Waals surface area contributed by atoms with Crippen LogP contribution in [0.3, 0.4) is 0 Å². The van der Waals surface area contributed by atoms with Gasteiger partial charge in [-0.05, 0) is 55.5 Å². The Balaban J connectivity index is 1.45. The molecule has 1 saturated carbocycles. The largest absolute Gasteiger partial charge is 0.330 e. The monoisotopic (exact) mass is 383 g/mol. The molecule has 1 aliphatic heterocycles. The van der Waals surface area contributed by atoms with Gasteiger partial charge in [0.25, 0.3) is 0 Å². The third-order valence-electron chi connectivity index (χ3n) is 6.29. The molecular weight excluding hydrogens is 358 g/mol. The Kier molecular flexibility index (Phi) is 5.11. The van der Waals surface area contributed by atoms with Gasteiger partial charge in [0.2, 0.25) is 0 Å². The quantitative estimate of drug-likeness (QED) is 0.849. The number of hydrogen-bond donors (Lipinski definition) is 1. The van der Waals surface area contributed by atoms with E-state index in [0.717, 1.165) is 49.5 Å². The Morgan fingerprint density at radius 3 is 2.44 bits per heavy atom. The highest BCUT2D eigenvalue weighted by Gasteiger charge is 2.41. The van der Waals surface area contributed by atoms with Crippen LogP contribution < -0.4 is 10.6 Å². The Morgan fingerprint density at radius 1 is 1.04 bits per heavy atom. The van der Waals surface area contributed by atoms with Gasteiger partial charge < -0.3 is 10.6 Å². The summed E-state index contributed by atoms with van der Waals surface area (Å²) in [4.78, 5) is 16.9. The molecule has 1 aliphatic carbocycles. The van der Waals surface area contributed by atoms with Gasteiger partial charge in [-0.3, -0.25) is 4.90 Å². The lowest BCUT2D eigenvalue weighted by molar-refractivity contribution is 0.156. The Labute approximate surface area is 165 Å². The first-order chi connectivity index (χ1) is 13.1. The Hall–Kier alpha value is -2.04. The van der Waals surface area contributed by atoms with Gasteiger partial charge in [0.05, 0.1) is 0 Å². The van der Waals surface area contributed by atoms with Crippen LogP contribution in [-0.4, -0.2) is 36.6 Å². The molecule has 2 aromatic rings. The standard InChI is InChI=1S/C22H26ClN3O/c23-18-6-4-5-17(15-18)22(16-24)11-9-20(10-12-22)26-14-13-25(21(26)27)19-7-2-1-3-8-19/h1-8,15,20H,9-14,16,24H2. The molecule has 2 amide bonds. The average Bonchev–Trinajstić information content (AvgIpc) is 3.10. The molecule has 0 spiro atoms. The van der Waals surface area contributed by atoms with E-state index in [9.17, 15) is 4.79 Å². The van der Waals surface area contributed by atoms with E-state index >= 15 is 0 Å². The highest BCUT2D eigenvalue weighted by Crippen LogP contribution is 2.41. The second-order valence-electron chi connectivity index (χ2n) is 7.69. The molecule has 0 unspecified atom stereocenters. The minimum Gasteiger partial charge on any atom is -0.330 e. The molecule has 1 heterocycles. The number of para-hydroxylation sites is 1. The summed E-state index contributed by atoms with van der Waals surface area (Å²) < 4.78 is 0. The van der Waals surface area contributed by atoms with Crippen LogP contribution in [0.25, 0.3) is 0 Å². The first kappa shape index (κ1) is 18.3. The molecule has 0 aromatic heterocycles. The third-order valence-corrected chi connectivity index (χ3v) is 6.52. The van der Waals surface area contributed by atoms with Crippen molar-refractivity contribution < 1.29 is 4.79 Å². The molecule has 142 valence electrons. The third kappa shape index (κ3) is 3.44. The molecule has 2 fully saturated rings. The lowest BCUT2D eigenvalue weighted by Gasteiger charge is -2.42. The number of rotatable bonds is 4. The average molecular weight is 384 g/mol. The summed E-state index contributed by atoms with van der Waals surface area (Å²) in [5.74, 6) is 0. The van der Waals surface area contributed by atoms with Crippen LogP contribution in [0.15, 0.2) is 54.6 Å². The smallest absolute Gasteiger partial charge is 0.324 e. The topological polar surface area (TPSA) is 49.6 Å². The minimum absolute atomic E-state index is 0.0245. The normalized spacial score (nSPS) is 25.9. The molecule has 4 nitrogen and oxygen atoms in total. The van der Waals surface area contributed by atoms with Gasteiger partial charge in [0, 0.05) is 41.8 Å². The molecule has 0 atom stereocenters. The van der Waals surface area contributed by atoms with Crippen LogP contribution >= 0.6 is 11.6 Å². The van der Waals surface area contributed by atoms with E-state index in [1.54, 1.807) is 0 Å². The lowest BCUT2D eigenvalue weighted by Crippen LogP contribution is -2.46. The van der Waals surface area contributed by atoms with E-state index in [-0.39, 0.29) is 11.4 Å². The zero-order valence-corrected chi connectivity index (χ0v) is 16.2. The molecule has 2 N–H and O–H groups in total. The zero-order chi connectivity index (χ0) is 18.9. The number of urea groups is 1. The van der Waals surface area contributed by atoms with Crippen molar-refractivity contribution in [3.05, 3.63) is 65.2 Å². The van der Waals surface area contributed by atoms with E-state index in [2.05, 4.69) is 11.0 Å². The zero-order valence-electron chi connectivity index (χ0n) is 15.5. The molecule has 4 rings (SSSR count). The van der Waals surface area contributed by atoms with Crippen LogP contribution in [0, 0.1) is 0 Å². The van der Waals surface area contributed by atoms with E-state index in [4.69, 9.17) is 17.3 Å². The van der Waals surface area contributed by atoms with Crippen molar-refractivity contribution in [2.75, 3.05) is 24.5 Å². The van der Waals surface area contributed by atoms with Gasteiger partial charge >= 0.3 is 6.03 Å². The first-order valence-corrected chi connectivity index (χ1v) is 10.1. The predicted octanol–water partition coefficient (Wildman–Crippen LogP) is 4.42. The minimum atomic E-state index is -0.0245. The highest BCUT2D eigenvalue weighted by atomic mass is 35.5. The van der Waals surface area contributed by atoms with Gasteiger partial charge in [0.15, 0.2) is 0 Å². The maximum Gasteiger partial charge on any atom is 0.324 e. The Morgan fingerprint density at radius 2 is 1.78 bits per heavy atom. The van der Waals surface area contributed by atoms with Crippen LogP contribution in [0.2, 0.25) is 5.02 Å². The van der Waals surface area contributed by atoms with Crippen molar-refractivity contribution in [1.82, 2.24) is 4.90 Å². The number of nitrogens with zero attached hydrogens (tertiary/aromatic N) is 2. The lowest BCUT2D eigenvalue weighted by atomic mass is 9.68. The second-order valence-corrected chi connectivity index (χ2v) is 8.13. The van der Waals surface area contributed by atoms with Crippen molar-refractivity contribution in [2.24, 2.45) is 5.73 Å². The van der Waals surface area contributed by atoms with Gasteiger partial charge in [-0.15, -0.1) is 0 Å². The molecule has 1 saturated heterocycles. The SMILES string of the molecule is NCC1(c2cccc(Cl)c2)CCC(N2CCN(c3ccccc3)C2=O)CC1. The predicted molar refractivity (Wildman–Crippen MR) is 110 cm³/mol. The van der Waals surface area contributed by atoms with Crippen molar-refractivity contribution >= 4 is 23.3 Å². The van der Waals surface area contributed by atoms with E-state index < -0.39 is 0 Å². The highest BCUT2D eigenvalue weighted by molar-refractivity contribution is 6.30. The molecular formula is C22H26ClN3O. The molecule has 5 heteroatoms. The number of benzene rings is 2. The number of halogens is 1. The van der Waals surface area contributed by atoms with Crippen molar-refractivity contribution in [3.63, 3.8) is 0 Å². The molecule has 2 aliphatic rings. The fourth-order valence-electron chi connectivity index (χ4n) is 4.64. The summed E-state index contributed by atoms with van der Waals surface area (Å²) in [5, 5.41) is 0.760. The van der Waals surface area contributed by atoms with Crippen molar-refractivity contribution in [3.8, 4) is 0 Å². The summed E-state index contributed by atoms with van der Waals surface area (Å²) in [6, 6.07) is 18.5. The maximum absolute atomic E-state index is 13.0. The summed E-state index contributed by atoms with van der Waals surface area (Å²) in [5.41, 5.74) is 8.40. The Bertz CT molecular complexity index is 802. The molecule has 0 radical (unpaired) electrons. The van der Waals surface area contributed by atoms with Crippen molar-refractivity contribution in [2.45, 2.75) is 37.1 Å². The number of carbonyl (C=O) groups is 1. The second kappa shape index (κ2) is 7.53. The summed E-state index contributed by atoms with van der Waals surface area (Å²) >= 11 is 6.21. The van der Waals surface area contributed by atoms with Crippen LogP contribution in [0.4, 0.5) is 10.5 Å². The molecule has 0 bridgehead atoms. The number of amides is 2. The fraction of sp³-hybridized carbons (Fsp3) is 0.409. The summed E-state index contributed by atoms with van der Waals surface area (Å²) in [6.07, 6.45) is 3.95.